The highest BCUT2D eigenvalue weighted by molar-refractivity contribution is 5.26. The van der Waals surface area contributed by atoms with Gasteiger partial charge >= 0.3 is 0 Å². The zero-order valence-electron chi connectivity index (χ0n) is 9.23. The number of aliphatic hydroxyl groups is 1. The molecule has 0 aliphatic rings. The standard InChI is InChI=1S/C10H17N3O2/c1-10(2,3)9-12-5-7(15)8(13-9)6(14)4-11/h5-6,14-15H,4,11H2,1-3H3. The van der Waals surface area contributed by atoms with Crippen LogP contribution >= 0.6 is 0 Å². The Morgan fingerprint density at radius 2 is 2.07 bits per heavy atom. The summed E-state index contributed by atoms with van der Waals surface area (Å²) in [5, 5.41) is 19.0. The molecular formula is C10H17N3O2. The second kappa shape index (κ2) is 4.12. The number of nitrogens with two attached hydrogens (primary N) is 1. The van der Waals surface area contributed by atoms with Crippen LogP contribution in [-0.4, -0.2) is 26.7 Å². The van der Waals surface area contributed by atoms with Gasteiger partial charge in [-0.3, -0.25) is 0 Å². The first-order chi connectivity index (χ1) is 6.86. The van der Waals surface area contributed by atoms with Gasteiger partial charge < -0.3 is 15.9 Å². The van der Waals surface area contributed by atoms with Crippen molar-refractivity contribution in [3.8, 4) is 5.75 Å². The SMILES string of the molecule is CC(C)(C)c1ncc(O)c(C(O)CN)n1. The summed E-state index contributed by atoms with van der Waals surface area (Å²) < 4.78 is 0. The predicted molar refractivity (Wildman–Crippen MR) is 56.4 cm³/mol. The maximum Gasteiger partial charge on any atom is 0.158 e. The molecule has 0 aliphatic heterocycles. The third kappa shape index (κ3) is 2.64. The molecule has 0 saturated heterocycles. The van der Waals surface area contributed by atoms with Crippen LogP contribution in [0.2, 0.25) is 0 Å². The van der Waals surface area contributed by atoms with E-state index < -0.39 is 6.10 Å². The van der Waals surface area contributed by atoms with Crippen molar-refractivity contribution in [3.05, 3.63) is 17.7 Å². The summed E-state index contributed by atoms with van der Waals surface area (Å²) in [6.45, 7) is 5.89. The maximum atomic E-state index is 9.52. The second-order valence-corrected chi connectivity index (χ2v) is 4.47. The molecule has 0 amide bonds. The zero-order valence-corrected chi connectivity index (χ0v) is 9.23. The van der Waals surface area contributed by atoms with Crippen molar-refractivity contribution < 1.29 is 10.2 Å². The number of nitrogens with zero attached hydrogens (tertiary/aromatic N) is 2. The predicted octanol–water partition coefficient (Wildman–Crippen LogP) is 0.472. The van der Waals surface area contributed by atoms with E-state index in [2.05, 4.69) is 9.97 Å². The number of aromatic nitrogens is 2. The first-order valence-electron chi connectivity index (χ1n) is 4.80. The number of aromatic hydroxyl groups is 1. The van der Waals surface area contributed by atoms with Gasteiger partial charge in [-0.05, 0) is 0 Å². The van der Waals surface area contributed by atoms with Gasteiger partial charge in [-0.1, -0.05) is 20.8 Å². The maximum absolute atomic E-state index is 9.52. The van der Waals surface area contributed by atoms with Crippen molar-refractivity contribution in [2.75, 3.05) is 6.54 Å². The number of hydrogen-bond donors (Lipinski definition) is 3. The normalized spacial score (nSPS) is 13.9. The number of rotatable bonds is 2. The molecule has 15 heavy (non-hydrogen) atoms. The first kappa shape index (κ1) is 11.9. The third-order valence-electron chi connectivity index (χ3n) is 2.01. The third-order valence-corrected chi connectivity index (χ3v) is 2.01. The van der Waals surface area contributed by atoms with Crippen molar-refractivity contribution >= 4 is 0 Å². The molecule has 0 bridgehead atoms. The van der Waals surface area contributed by atoms with Crippen LogP contribution in [0, 0.1) is 0 Å². The average molecular weight is 211 g/mol. The number of aliphatic hydroxyl groups excluding tert-OH is 1. The quantitative estimate of drug-likeness (QED) is 0.661. The Morgan fingerprint density at radius 1 is 1.47 bits per heavy atom. The lowest BCUT2D eigenvalue weighted by Crippen LogP contribution is -2.20. The van der Waals surface area contributed by atoms with Crippen LogP contribution in [0.25, 0.3) is 0 Å². The highest BCUT2D eigenvalue weighted by Crippen LogP contribution is 2.24. The van der Waals surface area contributed by atoms with Gasteiger partial charge in [-0.2, -0.15) is 0 Å². The Bertz CT molecular complexity index is 347. The zero-order chi connectivity index (χ0) is 11.6. The van der Waals surface area contributed by atoms with Crippen LogP contribution in [0.4, 0.5) is 0 Å². The van der Waals surface area contributed by atoms with Crippen LogP contribution in [0.3, 0.4) is 0 Å². The van der Waals surface area contributed by atoms with Gasteiger partial charge in [0.25, 0.3) is 0 Å². The molecule has 1 atom stereocenters. The van der Waals surface area contributed by atoms with Crippen LogP contribution in [0.5, 0.6) is 5.75 Å². The highest BCUT2D eigenvalue weighted by atomic mass is 16.3. The van der Waals surface area contributed by atoms with Crippen molar-refractivity contribution in [1.82, 2.24) is 9.97 Å². The highest BCUT2D eigenvalue weighted by Gasteiger charge is 2.21. The van der Waals surface area contributed by atoms with Gasteiger partial charge in [0.2, 0.25) is 0 Å². The molecule has 0 saturated carbocycles. The van der Waals surface area contributed by atoms with Crippen LogP contribution in [0.1, 0.15) is 38.4 Å². The molecule has 1 heterocycles. The molecule has 1 aromatic heterocycles. The van der Waals surface area contributed by atoms with Gasteiger partial charge in [-0.15, -0.1) is 0 Å². The summed E-state index contributed by atoms with van der Waals surface area (Å²) in [5.74, 6) is 0.448. The van der Waals surface area contributed by atoms with E-state index in [9.17, 15) is 10.2 Å². The summed E-state index contributed by atoms with van der Waals surface area (Å²) in [5.41, 5.74) is 5.28. The van der Waals surface area contributed by atoms with Gasteiger partial charge in [0, 0.05) is 12.0 Å². The van der Waals surface area contributed by atoms with E-state index in [1.54, 1.807) is 0 Å². The first-order valence-corrected chi connectivity index (χ1v) is 4.80. The lowest BCUT2D eigenvalue weighted by molar-refractivity contribution is 0.176. The molecule has 5 heteroatoms. The second-order valence-electron chi connectivity index (χ2n) is 4.47. The number of hydrogen-bond acceptors (Lipinski definition) is 5. The molecule has 0 aliphatic carbocycles. The molecule has 5 nitrogen and oxygen atoms in total. The Kier molecular flexibility index (Phi) is 3.26. The van der Waals surface area contributed by atoms with Gasteiger partial charge in [0.1, 0.15) is 17.6 Å². The van der Waals surface area contributed by atoms with E-state index in [0.717, 1.165) is 0 Å². The van der Waals surface area contributed by atoms with E-state index in [1.807, 2.05) is 20.8 Å². The van der Waals surface area contributed by atoms with Crippen molar-refractivity contribution in [3.63, 3.8) is 0 Å². The fourth-order valence-corrected chi connectivity index (χ4v) is 1.11. The summed E-state index contributed by atoms with van der Waals surface area (Å²) in [6, 6.07) is 0. The van der Waals surface area contributed by atoms with E-state index >= 15 is 0 Å². The Labute approximate surface area is 89.0 Å². The minimum atomic E-state index is -0.950. The molecule has 0 aromatic carbocycles. The summed E-state index contributed by atoms with van der Waals surface area (Å²) in [7, 11) is 0. The monoisotopic (exact) mass is 211 g/mol. The Morgan fingerprint density at radius 3 is 2.53 bits per heavy atom. The van der Waals surface area contributed by atoms with Crippen molar-refractivity contribution in [2.24, 2.45) is 5.73 Å². The van der Waals surface area contributed by atoms with Crippen LogP contribution in [-0.2, 0) is 5.41 Å². The molecule has 0 spiro atoms. The van der Waals surface area contributed by atoms with Gasteiger partial charge in [0.15, 0.2) is 5.75 Å². The molecule has 0 radical (unpaired) electrons. The van der Waals surface area contributed by atoms with Crippen LogP contribution < -0.4 is 5.73 Å². The molecule has 4 N–H and O–H groups in total. The van der Waals surface area contributed by atoms with Gasteiger partial charge in [0.05, 0.1) is 6.20 Å². The summed E-state index contributed by atoms with van der Waals surface area (Å²) >= 11 is 0. The minimum absolute atomic E-state index is 0.0220. The van der Waals surface area contributed by atoms with E-state index in [0.29, 0.717) is 5.82 Å². The van der Waals surface area contributed by atoms with E-state index in [4.69, 9.17) is 5.73 Å². The van der Waals surface area contributed by atoms with E-state index in [1.165, 1.54) is 6.20 Å². The van der Waals surface area contributed by atoms with Crippen molar-refractivity contribution in [2.45, 2.75) is 32.3 Å². The van der Waals surface area contributed by atoms with Gasteiger partial charge in [-0.25, -0.2) is 9.97 Å². The molecule has 84 valence electrons. The lowest BCUT2D eigenvalue weighted by Gasteiger charge is -2.18. The van der Waals surface area contributed by atoms with E-state index in [-0.39, 0.29) is 23.4 Å². The lowest BCUT2D eigenvalue weighted by atomic mass is 9.95. The minimum Gasteiger partial charge on any atom is -0.504 e. The Balaban J connectivity index is 3.17. The van der Waals surface area contributed by atoms with Crippen molar-refractivity contribution in [1.29, 1.82) is 0 Å². The van der Waals surface area contributed by atoms with Crippen LogP contribution in [0.15, 0.2) is 6.20 Å². The molecule has 1 aromatic rings. The topological polar surface area (TPSA) is 92.3 Å². The Hall–Kier alpha value is -1.20. The molecular weight excluding hydrogens is 194 g/mol. The average Bonchev–Trinajstić information content (AvgIpc) is 2.15. The largest absolute Gasteiger partial charge is 0.504 e. The molecule has 1 unspecified atom stereocenters. The molecule has 0 fully saturated rings. The fourth-order valence-electron chi connectivity index (χ4n) is 1.11. The fraction of sp³-hybridized carbons (Fsp3) is 0.600. The summed E-state index contributed by atoms with van der Waals surface area (Å²) in [6.07, 6.45) is 0.344. The summed E-state index contributed by atoms with van der Waals surface area (Å²) in [4.78, 5) is 8.14. The smallest absolute Gasteiger partial charge is 0.158 e. The molecule has 1 rings (SSSR count).